The number of benzene rings is 1. The Balaban J connectivity index is 1.20. The van der Waals surface area contributed by atoms with Crippen molar-refractivity contribution in [1.82, 2.24) is 20.8 Å². The molecular weight excluding hydrogens is 514 g/mol. The summed E-state index contributed by atoms with van der Waals surface area (Å²) in [7, 11) is -0.567. The molecule has 3 N–H and O–H groups in total. The van der Waals surface area contributed by atoms with Crippen LogP contribution in [0.5, 0.6) is 0 Å². The zero-order chi connectivity index (χ0) is 28.8. The Morgan fingerprint density at radius 3 is 2.65 bits per heavy atom. The maximum Gasteiger partial charge on any atom is 0.481 e. The smallest absolute Gasteiger partial charge is 0.404 e. The molecule has 4 aliphatic rings. The number of aromatic amines is 1. The van der Waals surface area contributed by atoms with E-state index in [4.69, 9.17) is 9.31 Å². The fourth-order valence-corrected chi connectivity index (χ4v) is 6.87. The van der Waals surface area contributed by atoms with Crippen LogP contribution in [0.1, 0.15) is 75.5 Å². The highest BCUT2D eigenvalue weighted by molar-refractivity contribution is 6.47. The van der Waals surface area contributed by atoms with E-state index in [-0.39, 0.29) is 46.6 Å². The summed E-state index contributed by atoms with van der Waals surface area (Å²) >= 11 is 0. The third-order valence-corrected chi connectivity index (χ3v) is 9.18. The maximum absolute atomic E-state index is 14.5. The number of aromatic nitrogens is 2. The second kappa shape index (κ2) is 10.7. The predicted octanol–water partition coefficient (Wildman–Crippen LogP) is 3.03. The Morgan fingerprint density at radius 2 is 1.98 bits per heavy atom. The molecule has 214 valence electrons. The molecule has 2 bridgehead atoms. The number of halogens is 1. The van der Waals surface area contributed by atoms with Gasteiger partial charge in [0.15, 0.2) is 0 Å². The van der Waals surface area contributed by atoms with Gasteiger partial charge in [0.2, 0.25) is 5.91 Å². The Kier molecular flexibility index (Phi) is 7.65. The molecule has 3 saturated carbocycles. The van der Waals surface area contributed by atoms with E-state index in [2.05, 4.69) is 55.4 Å². The van der Waals surface area contributed by atoms with Crippen molar-refractivity contribution in [2.75, 3.05) is 6.54 Å². The first kappa shape index (κ1) is 28.5. The van der Waals surface area contributed by atoms with Crippen LogP contribution in [0.2, 0.25) is 0 Å². The first-order valence-corrected chi connectivity index (χ1v) is 14.1. The van der Waals surface area contributed by atoms with Gasteiger partial charge in [-0.15, -0.1) is 0 Å². The number of carbonyl (C=O) groups is 2. The monoisotopic (exact) mass is 552 g/mol. The minimum absolute atomic E-state index is 0.00197. The van der Waals surface area contributed by atoms with Crippen LogP contribution >= 0.6 is 0 Å². The molecular formula is C29H38BFN4O5. The van der Waals surface area contributed by atoms with Gasteiger partial charge >= 0.3 is 7.12 Å². The lowest BCUT2D eigenvalue weighted by molar-refractivity contribution is -0.199. The molecule has 1 aromatic heterocycles. The van der Waals surface area contributed by atoms with E-state index in [0.29, 0.717) is 35.9 Å². The van der Waals surface area contributed by atoms with Gasteiger partial charge in [-0.3, -0.25) is 14.4 Å². The number of nitrogens with zero attached hydrogens (tertiary/aromatic N) is 1. The van der Waals surface area contributed by atoms with Crippen molar-refractivity contribution in [3.05, 3.63) is 63.3 Å². The number of H-pyrrole nitrogens is 1. The molecule has 1 aliphatic heterocycles. The average Bonchev–Trinajstić information content (AvgIpc) is 3.26. The summed E-state index contributed by atoms with van der Waals surface area (Å²) in [6.07, 6.45) is 3.05. The summed E-state index contributed by atoms with van der Waals surface area (Å²) in [4.78, 5) is 37.0. The zero-order valence-corrected chi connectivity index (χ0v) is 23.8. The predicted molar refractivity (Wildman–Crippen MR) is 148 cm³/mol. The molecule has 6 rings (SSSR count). The molecule has 11 heteroatoms. The first-order valence-electron chi connectivity index (χ1n) is 14.1. The lowest BCUT2D eigenvalue weighted by atomic mass is 9.43. The summed E-state index contributed by atoms with van der Waals surface area (Å²) in [5.41, 5.74) is 0.543. The van der Waals surface area contributed by atoms with Crippen LogP contribution in [0, 0.1) is 29.0 Å². The molecule has 40 heavy (non-hydrogen) atoms. The minimum atomic E-state index is -0.696. The zero-order valence-electron chi connectivity index (χ0n) is 23.8. The van der Waals surface area contributed by atoms with Gasteiger partial charge in [0, 0.05) is 12.5 Å². The number of carbonyl (C=O) groups excluding carboxylic acids is 2. The average molecular weight is 552 g/mol. The molecule has 4 fully saturated rings. The molecule has 2 heterocycles. The van der Waals surface area contributed by atoms with E-state index >= 15 is 0 Å². The number of rotatable bonds is 9. The number of hydrogen-bond acceptors (Lipinski definition) is 6. The minimum Gasteiger partial charge on any atom is -0.404 e. The molecule has 3 aliphatic carbocycles. The van der Waals surface area contributed by atoms with Crippen LogP contribution in [0.25, 0.3) is 0 Å². The van der Waals surface area contributed by atoms with Crippen molar-refractivity contribution in [1.29, 1.82) is 0 Å². The van der Waals surface area contributed by atoms with Crippen LogP contribution in [-0.4, -0.2) is 53.3 Å². The Labute approximate surface area is 234 Å². The molecule has 1 aromatic carbocycles. The van der Waals surface area contributed by atoms with Gasteiger partial charge in [-0.05, 0) is 73.1 Å². The van der Waals surface area contributed by atoms with E-state index in [1.165, 1.54) is 18.2 Å². The normalized spacial score (nSPS) is 27.1. The van der Waals surface area contributed by atoms with Gasteiger partial charge < -0.3 is 19.9 Å². The number of nitrogens with one attached hydrogen (secondary N) is 3. The fourth-order valence-electron chi connectivity index (χ4n) is 6.87. The van der Waals surface area contributed by atoms with Crippen LogP contribution in [0.3, 0.4) is 0 Å². The highest BCUT2D eigenvalue weighted by atomic mass is 19.1. The van der Waals surface area contributed by atoms with Gasteiger partial charge in [0.25, 0.3) is 11.5 Å². The van der Waals surface area contributed by atoms with E-state index in [0.717, 1.165) is 12.8 Å². The first-order chi connectivity index (χ1) is 18.9. The van der Waals surface area contributed by atoms with Gasteiger partial charge in [0.05, 0.1) is 35.4 Å². The van der Waals surface area contributed by atoms with Crippen LogP contribution in [0.15, 0.2) is 35.1 Å². The van der Waals surface area contributed by atoms with Crippen LogP contribution in [-0.2, 0) is 20.5 Å². The molecule has 5 atom stereocenters. The summed E-state index contributed by atoms with van der Waals surface area (Å²) in [5, 5.41) is 11.8. The maximum atomic E-state index is 14.5. The van der Waals surface area contributed by atoms with Gasteiger partial charge in [-0.2, -0.15) is 5.10 Å². The second-order valence-electron chi connectivity index (χ2n) is 12.7. The van der Waals surface area contributed by atoms with Crippen molar-refractivity contribution in [2.45, 2.75) is 77.9 Å². The Bertz CT molecular complexity index is 1330. The third-order valence-electron chi connectivity index (χ3n) is 9.18. The van der Waals surface area contributed by atoms with E-state index in [1.807, 2.05) is 0 Å². The van der Waals surface area contributed by atoms with E-state index < -0.39 is 24.7 Å². The molecule has 1 saturated heterocycles. The summed E-state index contributed by atoms with van der Waals surface area (Å²) in [5.74, 6) is -0.854. The summed E-state index contributed by atoms with van der Waals surface area (Å²) < 4.78 is 27.5. The van der Waals surface area contributed by atoms with Crippen molar-refractivity contribution in [2.24, 2.45) is 23.2 Å². The Hall–Kier alpha value is -3.05. The molecule has 0 spiro atoms. The van der Waals surface area contributed by atoms with Crippen LogP contribution < -0.4 is 16.2 Å². The fraction of sp³-hybridized carbons (Fsp3) is 0.586. The van der Waals surface area contributed by atoms with Gasteiger partial charge in [-0.25, -0.2) is 9.49 Å². The lowest BCUT2D eigenvalue weighted by Crippen LogP contribution is -2.65. The van der Waals surface area contributed by atoms with Gasteiger partial charge in [-0.1, -0.05) is 33.8 Å². The standard InChI is InChI=1S/C29H38BFN4O5/c1-16(2)10-24(30-39-23-14-18-13-22(28(18,3)4)29(23,5)40-30)33-26(37)15-32-27(38)20-12-17(6-8-21(20)31)11-19-7-9-25(36)35-34-19/h6-9,12,16,18,22-24H,10-11,13-15H2,1-5H3,(H,32,38)(H,33,37)(H,35,36)/t18-,22-,23+,24-,29-/m0/s1. The van der Waals surface area contributed by atoms with Crippen LogP contribution in [0.4, 0.5) is 4.39 Å². The second-order valence-corrected chi connectivity index (χ2v) is 12.7. The SMILES string of the molecule is CC(C)C[C@H](NC(=O)CNC(=O)c1cc(Cc2ccc(=O)[nH]n2)ccc1F)B1O[C@@H]2C[C@@H]3C[C@@H](C3(C)C)[C@]2(C)O1. The van der Waals surface area contributed by atoms with Crippen molar-refractivity contribution in [3.8, 4) is 0 Å². The van der Waals surface area contributed by atoms with Crippen molar-refractivity contribution < 1.29 is 23.3 Å². The number of amides is 2. The molecule has 9 nitrogen and oxygen atoms in total. The lowest BCUT2D eigenvalue weighted by Gasteiger charge is -2.64. The van der Waals surface area contributed by atoms with E-state index in [1.54, 1.807) is 12.1 Å². The summed E-state index contributed by atoms with van der Waals surface area (Å²) in [6.45, 7) is 10.6. The van der Waals surface area contributed by atoms with Gasteiger partial charge in [0.1, 0.15) is 5.82 Å². The van der Waals surface area contributed by atoms with Crippen molar-refractivity contribution >= 4 is 18.9 Å². The molecule has 2 amide bonds. The third kappa shape index (κ3) is 5.45. The molecule has 0 unspecified atom stereocenters. The largest absolute Gasteiger partial charge is 0.481 e. The summed E-state index contributed by atoms with van der Waals surface area (Å²) in [6, 6.07) is 7.09. The molecule has 2 aromatic rings. The van der Waals surface area contributed by atoms with Crippen molar-refractivity contribution in [3.63, 3.8) is 0 Å². The van der Waals surface area contributed by atoms with E-state index in [9.17, 15) is 18.8 Å². The quantitative estimate of drug-likeness (QED) is 0.411. The highest BCUT2D eigenvalue weighted by Gasteiger charge is 2.68. The molecule has 0 radical (unpaired) electrons. The highest BCUT2D eigenvalue weighted by Crippen LogP contribution is 2.65. The topological polar surface area (TPSA) is 122 Å². The Morgan fingerprint density at radius 1 is 1.20 bits per heavy atom. The number of hydrogen-bond donors (Lipinski definition) is 3.